The normalized spacial score (nSPS) is 14.4. The van der Waals surface area contributed by atoms with Crippen LogP contribution in [0.25, 0.3) is 0 Å². The first kappa shape index (κ1) is 19.2. The third-order valence-corrected chi connectivity index (χ3v) is 3.99. The summed E-state index contributed by atoms with van der Waals surface area (Å²) in [5.41, 5.74) is 2.18. The summed E-state index contributed by atoms with van der Waals surface area (Å²) < 4.78 is 13.0. The molecule has 1 saturated carbocycles. The van der Waals surface area contributed by atoms with E-state index in [1.165, 1.54) is 37.3 Å². The number of aryl methyl sites for hydroxylation is 1. The summed E-state index contributed by atoms with van der Waals surface area (Å²) in [5, 5.41) is 6.65. The molecule has 1 aromatic carbocycles. The number of halogens is 2. The van der Waals surface area contributed by atoms with Crippen LogP contribution in [0, 0.1) is 18.7 Å². The zero-order valence-corrected chi connectivity index (χ0v) is 15.8. The molecule has 2 rings (SSSR count). The monoisotopic (exact) mass is 419 g/mol. The van der Waals surface area contributed by atoms with Crippen LogP contribution in [0.3, 0.4) is 0 Å². The third-order valence-electron chi connectivity index (χ3n) is 3.99. The van der Waals surface area contributed by atoms with Gasteiger partial charge in [-0.2, -0.15) is 0 Å². The molecule has 0 atom stereocenters. The smallest absolute Gasteiger partial charge is 0.190 e. The van der Waals surface area contributed by atoms with Crippen molar-refractivity contribution in [3.8, 4) is 0 Å². The maximum Gasteiger partial charge on any atom is 0.190 e. The first-order valence-corrected chi connectivity index (χ1v) is 7.88. The zero-order valence-electron chi connectivity index (χ0n) is 13.5. The number of hydrogen-bond acceptors (Lipinski definition) is 1. The van der Waals surface area contributed by atoms with E-state index in [9.17, 15) is 4.39 Å². The van der Waals surface area contributed by atoms with Gasteiger partial charge in [0.15, 0.2) is 5.96 Å². The van der Waals surface area contributed by atoms with Gasteiger partial charge in [-0.05, 0) is 55.4 Å². The summed E-state index contributed by atoms with van der Waals surface area (Å²) >= 11 is 0. The van der Waals surface area contributed by atoms with Crippen molar-refractivity contribution >= 4 is 29.9 Å². The highest BCUT2D eigenvalue weighted by Gasteiger charge is 2.19. The van der Waals surface area contributed by atoms with Crippen LogP contribution < -0.4 is 10.6 Å². The molecule has 5 heteroatoms. The number of hydrogen-bond donors (Lipinski definition) is 2. The predicted molar refractivity (Wildman–Crippen MR) is 102 cm³/mol. The molecule has 0 aromatic heterocycles. The van der Waals surface area contributed by atoms with Crippen molar-refractivity contribution in [2.24, 2.45) is 10.9 Å². The lowest BCUT2D eigenvalue weighted by molar-refractivity contribution is 0.625. The minimum atomic E-state index is -0.169. The Morgan fingerprint density at radius 3 is 2.64 bits per heavy atom. The maximum atomic E-state index is 13.0. The van der Waals surface area contributed by atoms with Crippen molar-refractivity contribution in [3.63, 3.8) is 0 Å². The molecular weight excluding hydrogens is 392 g/mol. The van der Waals surface area contributed by atoms with Crippen molar-refractivity contribution in [2.75, 3.05) is 20.1 Å². The molecule has 0 amide bonds. The van der Waals surface area contributed by atoms with Crippen molar-refractivity contribution in [2.45, 2.75) is 39.0 Å². The lowest BCUT2D eigenvalue weighted by atomic mass is 10.1. The third kappa shape index (κ3) is 6.94. The van der Waals surface area contributed by atoms with Gasteiger partial charge in [-0.15, -0.1) is 24.0 Å². The Labute approximate surface area is 150 Å². The lowest BCUT2D eigenvalue weighted by Crippen LogP contribution is -2.38. The Bertz CT molecular complexity index is 487. The largest absolute Gasteiger partial charge is 0.356 e. The molecule has 124 valence electrons. The molecule has 0 heterocycles. The Morgan fingerprint density at radius 1 is 1.27 bits per heavy atom. The van der Waals surface area contributed by atoms with Gasteiger partial charge in [-0.25, -0.2) is 4.39 Å². The summed E-state index contributed by atoms with van der Waals surface area (Å²) in [6, 6.07) is 4.96. The van der Waals surface area contributed by atoms with Crippen molar-refractivity contribution in [1.82, 2.24) is 10.6 Å². The summed E-state index contributed by atoms with van der Waals surface area (Å²) in [5.74, 6) is 1.67. The quantitative estimate of drug-likeness (QED) is 0.307. The average Bonchev–Trinajstić information content (AvgIpc) is 3.28. The predicted octanol–water partition coefficient (Wildman–Crippen LogP) is 3.65. The molecule has 0 spiro atoms. The summed E-state index contributed by atoms with van der Waals surface area (Å²) in [6.07, 6.45) is 6.25. The number of nitrogens with one attached hydrogen (secondary N) is 2. The van der Waals surface area contributed by atoms with Crippen molar-refractivity contribution < 1.29 is 4.39 Å². The van der Waals surface area contributed by atoms with E-state index in [1.807, 2.05) is 13.0 Å². The number of nitrogens with zero attached hydrogens (tertiary/aromatic N) is 1. The number of aliphatic imine (C=N–C) groups is 1. The van der Waals surface area contributed by atoms with Crippen LogP contribution in [0.1, 0.15) is 36.8 Å². The lowest BCUT2D eigenvalue weighted by Gasteiger charge is -2.12. The van der Waals surface area contributed by atoms with Gasteiger partial charge >= 0.3 is 0 Å². The minimum Gasteiger partial charge on any atom is -0.356 e. The molecular formula is C17H27FIN3. The number of benzene rings is 1. The Balaban J connectivity index is 0.00000242. The topological polar surface area (TPSA) is 36.4 Å². The molecule has 1 aromatic rings. The molecule has 0 unspecified atom stereocenters. The van der Waals surface area contributed by atoms with Crippen LogP contribution in [0.4, 0.5) is 4.39 Å². The second-order valence-electron chi connectivity index (χ2n) is 5.83. The molecule has 1 aliphatic carbocycles. The molecule has 22 heavy (non-hydrogen) atoms. The Kier molecular flexibility index (Phi) is 8.75. The van der Waals surface area contributed by atoms with Crippen LogP contribution in [-0.4, -0.2) is 26.1 Å². The molecule has 3 nitrogen and oxygen atoms in total. The van der Waals surface area contributed by atoms with E-state index < -0.39 is 0 Å². The minimum absolute atomic E-state index is 0. The van der Waals surface area contributed by atoms with E-state index in [0.29, 0.717) is 0 Å². The first-order valence-electron chi connectivity index (χ1n) is 7.88. The molecule has 1 aliphatic rings. The molecule has 0 bridgehead atoms. The van der Waals surface area contributed by atoms with Gasteiger partial charge in [0.05, 0.1) is 0 Å². The molecule has 0 saturated heterocycles. The fraction of sp³-hybridized carbons (Fsp3) is 0.588. The fourth-order valence-corrected chi connectivity index (χ4v) is 2.48. The van der Waals surface area contributed by atoms with E-state index in [2.05, 4.69) is 15.6 Å². The van der Waals surface area contributed by atoms with E-state index in [1.54, 1.807) is 13.1 Å². The second-order valence-corrected chi connectivity index (χ2v) is 5.83. The van der Waals surface area contributed by atoms with Crippen molar-refractivity contribution in [1.29, 1.82) is 0 Å². The van der Waals surface area contributed by atoms with Crippen LogP contribution >= 0.6 is 24.0 Å². The van der Waals surface area contributed by atoms with Crippen LogP contribution in [-0.2, 0) is 6.42 Å². The highest BCUT2D eigenvalue weighted by molar-refractivity contribution is 14.0. The average molecular weight is 419 g/mol. The van der Waals surface area contributed by atoms with Gasteiger partial charge in [-0.1, -0.05) is 18.9 Å². The standard InChI is InChI=1S/C17H26FN3.HI/c1-13-12-16(18)8-7-15(13)9-11-21-17(19-2)20-10-3-4-14-5-6-14;/h7-8,12,14H,3-6,9-11H2,1-2H3,(H2,19,20,21);1H. The van der Waals surface area contributed by atoms with Gasteiger partial charge in [0.1, 0.15) is 5.82 Å². The zero-order chi connectivity index (χ0) is 15.1. The number of guanidine groups is 1. The maximum absolute atomic E-state index is 13.0. The number of rotatable bonds is 7. The molecule has 0 radical (unpaired) electrons. The Morgan fingerprint density at radius 2 is 2.00 bits per heavy atom. The van der Waals surface area contributed by atoms with Gasteiger partial charge < -0.3 is 10.6 Å². The first-order chi connectivity index (χ1) is 10.2. The van der Waals surface area contributed by atoms with Crippen LogP contribution in [0.2, 0.25) is 0 Å². The van der Waals surface area contributed by atoms with Gasteiger partial charge in [-0.3, -0.25) is 4.99 Å². The summed E-state index contributed by atoms with van der Waals surface area (Å²) in [4.78, 5) is 4.22. The van der Waals surface area contributed by atoms with Gasteiger partial charge in [0.25, 0.3) is 0 Å². The van der Waals surface area contributed by atoms with E-state index >= 15 is 0 Å². The van der Waals surface area contributed by atoms with Crippen molar-refractivity contribution in [3.05, 3.63) is 35.1 Å². The van der Waals surface area contributed by atoms with Gasteiger partial charge in [0, 0.05) is 20.1 Å². The van der Waals surface area contributed by atoms with E-state index in [0.717, 1.165) is 37.0 Å². The fourth-order valence-electron chi connectivity index (χ4n) is 2.48. The van der Waals surface area contributed by atoms with E-state index in [4.69, 9.17) is 0 Å². The highest BCUT2D eigenvalue weighted by Crippen LogP contribution is 2.33. The molecule has 0 aliphatic heterocycles. The Hall–Kier alpha value is -0.850. The van der Waals surface area contributed by atoms with E-state index in [-0.39, 0.29) is 29.8 Å². The molecule has 2 N–H and O–H groups in total. The summed E-state index contributed by atoms with van der Waals surface area (Å²) in [7, 11) is 1.79. The summed E-state index contributed by atoms with van der Waals surface area (Å²) in [6.45, 7) is 3.73. The SMILES string of the molecule is CN=C(NCCCC1CC1)NCCc1ccc(F)cc1C.I. The van der Waals surface area contributed by atoms with Gasteiger partial charge in [0.2, 0.25) is 0 Å². The second kappa shape index (κ2) is 10.0. The van der Waals surface area contributed by atoms with Crippen LogP contribution in [0.5, 0.6) is 0 Å². The van der Waals surface area contributed by atoms with Crippen LogP contribution in [0.15, 0.2) is 23.2 Å². The molecule has 1 fully saturated rings. The highest BCUT2D eigenvalue weighted by atomic mass is 127.